The third kappa shape index (κ3) is 4.53. The highest BCUT2D eigenvalue weighted by Crippen LogP contribution is 2.19. The van der Waals surface area contributed by atoms with E-state index in [0.717, 1.165) is 16.8 Å². The number of nitrogens with one attached hydrogen (secondary N) is 2. The van der Waals surface area contributed by atoms with Gasteiger partial charge in [-0.1, -0.05) is 29.8 Å². The van der Waals surface area contributed by atoms with Crippen LogP contribution in [0.15, 0.2) is 41.2 Å². The molecule has 3 rings (SSSR count). The molecule has 0 spiro atoms. The Bertz CT molecular complexity index is 1040. The van der Waals surface area contributed by atoms with E-state index in [0.29, 0.717) is 28.3 Å². The summed E-state index contributed by atoms with van der Waals surface area (Å²) in [7, 11) is 1.80. The van der Waals surface area contributed by atoms with E-state index in [4.69, 9.17) is 11.6 Å². The average Bonchev–Trinajstić information content (AvgIpc) is 2.59. The average molecular weight is 385 g/mol. The standard InChI is InChI=1S/C20H21ClN4O2/c1-12-5-4-6-13(2)19(12)24-18(26)11-25(3)10-17-22-16-8-7-14(21)9-15(16)20(27)23-17/h4-9H,10-11H2,1-3H3,(H,24,26)(H,22,23,27). The van der Waals surface area contributed by atoms with Crippen molar-refractivity contribution in [1.82, 2.24) is 14.9 Å². The van der Waals surface area contributed by atoms with Gasteiger partial charge in [0.25, 0.3) is 5.56 Å². The molecule has 0 aliphatic rings. The van der Waals surface area contributed by atoms with E-state index in [2.05, 4.69) is 15.3 Å². The van der Waals surface area contributed by atoms with Crippen LogP contribution in [0.5, 0.6) is 0 Å². The van der Waals surface area contributed by atoms with E-state index in [1.807, 2.05) is 32.0 Å². The molecule has 1 aromatic heterocycles. The first kappa shape index (κ1) is 19.1. The molecule has 140 valence electrons. The Labute approximate surface area is 162 Å². The predicted molar refractivity (Wildman–Crippen MR) is 108 cm³/mol. The van der Waals surface area contributed by atoms with E-state index >= 15 is 0 Å². The molecule has 0 saturated heterocycles. The van der Waals surface area contributed by atoms with Gasteiger partial charge in [0.1, 0.15) is 5.82 Å². The fourth-order valence-electron chi connectivity index (χ4n) is 2.98. The number of aromatic nitrogens is 2. The van der Waals surface area contributed by atoms with Gasteiger partial charge in [-0.15, -0.1) is 0 Å². The molecule has 0 radical (unpaired) electrons. The Hall–Kier alpha value is -2.70. The Morgan fingerprint density at radius 3 is 2.63 bits per heavy atom. The van der Waals surface area contributed by atoms with Crippen molar-refractivity contribution in [2.75, 3.05) is 18.9 Å². The second-order valence-electron chi connectivity index (χ2n) is 6.66. The van der Waals surface area contributed by atoms with Crippen molar-refractivity contribution >= 4 is 34.1 Å². The lowest BCUT2D eigenvalue weighted by atomic mass is 10.1. The van der Waals surface area contributed by atoms with Crippen molar-refractivity contribution in [1.29, 1.82) is 0 Å². The summed E-state index contributed by atoms with van der Waals surface area (Å²) in [6.45, 7) is 4.44. The van der Waals surface area contributed by atoms with Crippen molar-refractivity contribution in [2.24, 2.45) is 0 Å². The van der Waals surface area contributed by atoms with Gasteiger partial charge in [0, 0.05) is 10.7 Å². The monoisotopic (exact) mass is 384 g/mol. The largest absolute Gasteiger partial charge is 0.324 e. The van der Waals surface area contributed by atoms with E-state index < -0.39 is 0 Å². The molecule has 0 atom stereocenters. The van der Waals surface area contributed by atoms with Gasteiger partial charge >= 0.3 is 0 Å². The smallest absolute Gasteiger partial charge is 0.258 e. The number of aryl methyl sites for hydroxylation is 2. The van der Waals surface area contributed by atoms with Crippen molar-refractivity contribution in [3.05, 3.63) is 68.7 Å². The molecule has 0 aliphatic heterocycles. The summed E-state index contributed by atoms with van der Waals surface area (Å²) in [6, 6.07) is 10.9. The summed E-state index contributed by atoms with van der Waals surface area (Å²) >= 11 is 5.93. The zero-order valence-corrected chi connectivity index (χ0v) is 16.2. The minimum Gasteiger partial charge on any atom is -0.324 e. The molecule has 1 amide bonds. The summed E-state index contributed by atoms with van der Waals surface area (Å²) in [6.07, 6.45) is 0. The van der Waals surface area contributed by atoms with Crippen LogP contribution in [-0.4, -0.2) is 34.4 Å². The number of aromatic amines is 1. The number of rotatable bonds is 5. The number of anilines is 1. The van der Waals surface area contributed by atoms with Gasteiger partial charge in [-0.3, -0.25) is 14.5 Å². The molecule has 3 aromatic rings. The van der Waals surface area contributed by atoms with Crippen LogP contribution in [0.2, 0.25) is 5.02 Å². The first-order chi connectivity index (χ1) is 12.8. The van der Waals surface area contributed by atoms with Crippen molar-refractivity contribution in [3.8, 4) is 0 Å². The van der Waals surface area contributed by atoms with Crippen molar-refractivity contribution in [2.45, 2.75) is 20.4 Å². The molecule has 0 unspecified atom stereocenters. The number of H-pyrrole nitrogens is 1. The van der Waals surface area contributed by atoms with Crippen LogP contribution >= 0.6 is 11.6 Å². The quantitative estimate of drug-likeness (QED) is 0.707. The van der Waals surface area contributed by atoms with Crippen LogP contribution in [0.4, 0.5) is 5.69 Å². The zero-order chi connectivity index (χ0) is 19.6. The number of nitrogens with zero attached hydrogens (tertiary/aromatic N) is 2. The van der Waals surface area contributed by atoms with Crippen LogP contribution in [0.1, 0.15) is 17.0 Å². The summed E-state index contributed by atoms with van der Waals surface area (Å²) in [5, 5.41) is 3.89. The number of hydrogen-bond donors (Lipinski definition) is 2. The number of likely N-dealkylation sites (N-methyl/N-ethyl adjacent to an activating group) is 1. The van der Waals surface area contributed by atoms with Crippen LogP contribution in [-0.2, 0) is 11.3 Å². The highest BCUT2D eigenvalue weighted by molar-refractivity contribution is 6.31. The summed E-state index contributed by atoms with van der Waals surface area (Å²) in [5.41, 5.74) is 3.21. The Morgan fingerprint density at radius 1 is 1.22 bits per heavy atom. The van der Waals surface area contributed by atoms with Crippen molar-refractivity contribution in [3.63, 3.8) is 0 Å². The molecular formula is C20H21ClN4O2. The summed E-state index contributed by atoms with van der Waals surface area (Å²) in [5.74, 6) is 0.377. The number of carbonyl (C=O) groups excluding carboxylic acids is 1. The van der Waals surface area contributed by atoms with Crippen LogP contribution in [0.3, 0.4) is 0 Å². The van der Waals surface area contributed by atoms with Gasteiger partial charge in [-0.25, -0.2) is 4.98 Å². The van der Waals surface area contributed by atoms with Gasteiger partial charge in [0.05, 0.1) is 24.0 Å². The highest BCUT2D eigenvalue weighted by atomic mass is 35.5. The van der Waals surface area contributed by atoms with E-state index in [9.17, 15) is 9.59 Å². The molecule has 0 aliphatic carbocycles. The summed E-state index contributed by atoms with van der Waals surface area (Å²) < 4.78 is 0. The molecule has 6 nitrogen and oxygen atoms in total. The lowest BCUT2D eigenvalue weighted by Crippen LogP contribution is -2.31. The number of amides is 1. The predicted octanol–water partition coefficient (Wildman–Crippen LogP) is 3.26. The Morgan fingerprint density at radius 2 is 1.93 bits per heavy atom. The number of benzene rings is 2. The van der Waals surface area contributed by atoms with Gasteiger partial charge < -0.3 is 10.3 Å². The number of halogens is 1. The number of fused-ring (bicyclic) bond motifs is 1. The fourth-order valence-corrected chi connectivity index (χ4v) is 3.15. The minimum atomic E-state index is -0.245. The lowest BCUT2D eigenvalue weighted by Gasteiger charge is -2.17. The SMILES string of the molecule is Cc1cccc(C)c1NC(=O)CN(C)Cc1nc2ccc(Cl)cc2c(=O)[nH]1. The second kappa shape index (κ2) is 7.90. The molecular weight excluding hydrogens is 364 g/mol. The first-order valence-electron chi connectivity index (χ1n) is 8.56. The van der Waals surface area contributed by atoms with Crippen LogP contribution in [0, 0.1) is 13.8 Å². The third-order valence-corrected chi connectivity index (χ3v) is 4.53. The molecule has 2 N–H and O–H groups in total. The number of para-hydroxylation sites is 1. The maximum absolute atomic E-state index is 12.4. The lowest BCUT2D eigenvalue weighted by molar-refractivity contribution is -0.117. The van der Waals surface area contributed by atoms with Gasteiger partial charge in [0.15, 0.2) is 0 Å². The molecule has 2 aromatic carbocycles. The van der Waals surface area contributed by atoms with Crippen LogP contribution < -0.4 is 10.9 Å². The molecule has 0 bridgehead atoms. The Balaban J connectivity index is 1.69. The highest BCUT2D eigenvalue weighted by Gasteiger charge is 2.12. The first-order valence-corrected chi connectivity index (χ1v) is 8.94. The number of carbonyl (C=O) groups is 1. The summed E-state index contributed by atoms with van der Waals surface area (Å²) in [4.78, 5) is 33.6. The van der Waals surface area contributed by atoms with Gasteiger partial charge in [0.2, 0.25) is 5.91 Å². The third-order valence-electron chi connectivity index (χ3n) is 4.30. The second-order valence-corrected chi connectivity index (χ2v) is 7.10. The Kier molecular flexibility index (Phi) is 5.58. The van der Waals surface area contributed by atoms with Gasteiger partial charge in [-0.05, 0) is 50.2 Å². The molecule has 0 saturated carbocycles. The molecule has 27 heavy (non-hydrogen) atoms. The maximum Gasteiger partial charge on any atom is 0.258 e. The normalized spacial score (nSPS) is 11.1. The molecule has 0 fully saturated rings. The minimum absolute atomic E-state index is 0.121. The maximum atomic E-state index is 12.4. The van der Waals surface area contributed by atoms with E-state index in [1.165, 1.54) is 0 Å². The van der Waals surface area contributed by atoms with E-state index in [1.54, 1.807) is 30.1 Å². The fraction of sp³-hybridized carbons (Fsp3) is 0.250. The van der Waals surface area contributed by atoms with Crippen LogP contribution in [0.25, 0.3) is 10.9 Å². The van der Waals surface area contributed by atoms with Crippen molar-refractivity contribution < 1.29 is 4.79 Å². The molecule has 1 heterocycles. The molecule has 7 heteroatoms. The topological polar surface area (TPSA) is 78.1 Å². The zero-order valence-electron chi connectivity index (χ0n) is 15.5. The van der Waals surface area contributed by atoms with Gasteiger partial charge in [-0.2, -0.15) is 0 Å². The number of hydrogen-bond acceptors (Lipinski definition) is 4. The van der Waals surface area contributed by atoms with E-state index in [-0.39, 0.29) is 18.0 Å².